The van der Waals surface area contributed by atoms with Crippen molar-refractivity contribution < 1.29 is 4.52 Å². The van der Waals surface area contributed by atoms with Crippen LogP contribution in [-0.4, -0.2) is 21.7 Å². The lowest BCUT2D eigenvalue weighted by Gasteiger charge is -2.08. The van der Waals surface area contributed by atoms with Gasteiger partial charge in [-0.05, 0) is 31.2 Å². The number of anilines is 1. The molecule has 0 fully saturated rings. The quantitative estimate of drug-likeness (QED) is 0.793. The van der Waals surface area contributed by atoms with Gasteiger partial charge in [-0.3, -0.25) is 4.98 Å². The monoisotopic (exact) mass is 332 g/mol. The minimum absolute atomic E-state index is 0.648. The Kier molecular flexibility index (Phi) is 3.64. The van der Waals surface area contributed by atoms with E-state index in [4.69, 9.17) is 4.52 Å². The zero-order valence-corrected chi connectivity index (χ0v) is 12.5. The van der Waals surface area contributed by atoms with Crippen LogP contribution in [0.15, 0.2) is 39.5 Å². The summed E-state index contributed by atoms with van der Waals surface area (Å²) in [7, 11) is 0. The van der Waals surface area contributed by atoms with Crippen molar-refractivity contribution in [3.8, 4) is 0 Å². The van der Waals surface area contributed by atoms with Gasteiger partial charge >= 0.3 is 0 Å². The van der Waals surface area contributed by atoms with Crippen LogP contribution in [0.4, 0.5) is 5.69 Å². The second-order valence-corrected chi connectivity index (χ2v) is 5.35. The number of nitrogens with zero attached hydrogens (tertiary/aromatic N) is 3. The van der Waals surface area contributed by atoms with Crippen LogP contribution in [0.2, 0.25) is 0 Å². The second-order valence-electron chi connectivity index (χ2n) is 4.43. The fraction of sp³-hybridized carbons (Fsp3) is 0.214. The molecule has 2 aromatic heterocycles. The molecule has 3 rings (SSSR count). The van der Waals surface area contributed by atoms with Crippen molar-refractivity contribution in [1.29, 1.82) is 0 Å². The lowest BCUT2D eigenvalue weighted by atomic mass is 10.2. The number of rotatable bonds is 4. The van der Waals surface area contributed by atoms with E-state index < -0.39 is 0 Å². The van der Waals surface area contributed by atoms with E-state index in [2.05, 4.69) is 42.4 Å². The van der Waals surface area contributed by atoms with Crippen LogP contribution in [-0.2, 0) is 6.42 Å². The molecule has 0 spiro atoms. The van der Waals surface area contributed by atoms with Gasteiger partial charge in [0.1, 0.15) is 0 Å². The number of aryl methyl sites for hydroxylation is 1. The third-order valence-electron chi connectivity index (χ3n) is 2.93. The number of aromatic nitrogens is 3. The third-order valence-corrected chi connectivity index (χ3v) is 3.42. The molecule has 1 N–H and O–H groups in total. The minimum Gasteiger partial charge on any atom is -0.384 e. The van der Waals surface area contributed by atoms with Crippen molar-refractivity contribution >= 4 is 32.5 Å². The largest absolute Gasteiger partial charge is 0.384 e. The van der Waals surface area contributed by atoms with E-state index in [0.29, 0.717) is 18.1 Å². The van der Waals surface area contributed by atoms with Crippen LogP contribution in [0.3, 0.4) is 0 Å². The molecule has 0 atom stereocenters. The summed E-state index contributed by atoms with van der Waals surface area (Å²) in [6, 6.07) is 8.00. The molecule has 0 aliphatic rings. The molecule has 0 saturated heterocycles. The van der Waals surface area contributed by atoms with Crippen molar-refractivity contribution in [3.05, 3.63) is 46.7 Å². The maximum Gasteiger partial charge on any atom is 0.228 e. The first-order valence-electron chi connectivity index (χ1n) is 6.30. The third kappa shape index (κ3) is 2.80. The summed E-state index contributed by atoms with van der Waals surface area (Å²) in [4.78, 5) is 8.53. The van der Waals surface area contributed by atoms with E-state index >= 15 is 0 Å². The molecule has 3 aromatic rings. The standard InChI is InChI=1S/C14H13BrN4O/c1-9-18-14(20-19-9)5-7-17-13-4-6-16-12-3-2-10(15)8-11(12)13/h2-4,6,8H,5,7H2,1H3,(H,16,17). The summed E-state index contributed by atoms with van der Waals surface area (Å²) in [5.74, 6) is 1.31. The Labute approximate surface area is 124 Å². The molecule has 2 heterocycles. The van der Waals surface area contributed by atoms with Crippen molar-refractivity contribution in [1.82, 2.24) is 15.1 Å². The van der Waals surface area contributed by atoms with Crippen LogP contribution in [0.5, 0.6) is 0 Å². The first-order valence-corrected chi connectivity index (χ1v) is 7.09. The van der Waals surface area contributed by atoms with Gasteiger partial charge < -0.3 is 9.84 Å². The fourth-order valence-electron chi connectivity index (χ4n) is 2.02. The summed E-state index contributed by atoms with van der Waals surface area (Å²) in [6.07, 6.45) is 2.49. The van der Waals surface area contributed by atoms with Crippen LogP contribution in [0, 0.1) is 6.92 Å². The summed E-state index contributed by atoms with van der Waals surface area (Å²) in [6.45, 7) is 2.54. The number of pyridine rings is 1. The zero-order chi connectivity index (χ0) is 13.9. The highest BCUT2D eigenvalue weighted by atomic mass is 79.9. The van der Waals surface area contributed by atoms with E-state index in [9.17, 15) is 0 Å². The number of hydrogen-bond acceptors (Lipinski definition) is 5. The predicted molar refractivity (Wildman–Crippen MR) is 80.7 cm³/mol. The highest BCUT2D eigenvalue weighted by Crippen LogP contribution is 2.24. The molecular weight excluding hydrogens is 320 g/mol. The predicted octanol–water partition coefficient (Wildman–Crippen LogP) is 3.34. The maximum atomic E-state index is 5.09. The second kappa shape index (κ2) is 5.58. The van der Waals surface area contributed by atoms with Crippen LogP contribution in [0.25, 0.3) is 10.9 Å². The van der Waals surface area contributed by atoms with Gasteiger partial charge in [-0.25, -0.2) is 0 Å². The van der Waals surface area contributed by atoms with Crippen LogP contribution in [0.1, 0.15) is 11.7 Å². The number of hydrogen-bond donors (Lipinski definition) is 1. The average Bonchev–Trinajstić information content (AvgIpc) is 2.85. The summed E-state index contributed by atoms with van der Waals surface area (Å²) in [5.41, 5.74) is 2.01. The molecule has 6 heteroatoms. The molecule has 0 bridgehead atoms. The van der Waals surface area contributed by atoms with E-state index in [-0.39, 0.29) is 0 Å². The number of benzene rings is 1. The van der Waals surface area contributed by atoms with Gasteiger partial charge in [0.2, 0.25) is 5.89 Å². The zero-order valence-electron chi connectivity index (χ0n) is 10.9. The molecule has 0 saturated carbocycles. The molecule has 1 aromatic carbocycles. The molecule has 0 aliphatic heterocycles. The summed E-state index contributed by atoms with van der Waals surface area (Å²) >= 11 is 3.49. The average molecular weight is 333 g/mol. The van der Waals surface area contributed by atoms with Gasteiger partial charge in [-0.15, -0.1) is 0 Å². The fourth-order valence-corrected chi connectivity index (χ4v) is 2.38. The van der Waals surface area contributed by atoms with Gasteiger partial charge in [0.15, 0.2) is 5.82 Å². The van der Waals surface area contributed by atoms with Gasteiger partial charge in [-0.2, -0.15) is 4.98 Å². The Bertz CT molecular complexity index is 741. The number of fused-ring (bicyclic) bond motifs is 1. The Morgan fingerprint density at radius 1 is 1.30 bits per heavy atom. The van der Waals surface area contributed by atoms with Gasteiger partial charge in [0.25, 0.3) is 0 Å². The molecule has 5 nitrogen and oxygen atoms in total. The maximum absolute atomic E-state index is 5.09. The highest BCUT2D eigenvalue weighted by Gasteiger charge is 2.05. The van der Waals surface area contributed by atoms with Crippen molar-refractivity contribution in [3.63, 3.8) is 0 Å². The van der Waals surface area contributed by atoms with Gasteiger partial charge in [0.05, 0.1) is 5.52 Å². The van der Waals surface area contributed by atoms with E-state index in [1.165, 1.54) is 0 Å². The molecule has 0 unspecified atom stereocenters. The summed E-state index contributed by atoms with van der Waals surface area (Å²) < 4.78 is 6.12. The first-order chi connectivity index (χ1) is 9.72. The van der Waals surface area contributed by atoms with Crippen molar-refractivity contribution in [2.24, 2.45) is 0 Å². The highest BCUT2D eigenvalue weighted by molar-refractivity contribution is 9.10. The van der Waals surface area contributed by atoms with Crippen LogP contribution >= 0.6 is 15.9 Å². The van der Waals surface area contributed by atoms with Crippen LogP contribution < -0.4 is 5.32 Å². The molecular formula is C14H13BrN4O. The smallest absolute Gasteiger partial charge is 0.228 e. The molecule has 0 amide bonds. The SMILES string of the molecule is Cc1noc(CCNc2ccnc3ccc(Br)cc23)n1. The molecule has 20 heavy (non-hydrogen) atoms. The summed E-state index contributed by atoms with van der Waals surface area (Å²) in [5, 5.41) is 8.24. The van der Waals surface area contributed by atoms with Gasteiger partial charge in [-0.1, -0.05) is 21.1 Å². The van der Waals surface area contributed by atoms with E-state index in [0.717, 1.165) is 27.6 Å². The van der Waals surface area contributed by atoms with E-state index in [1.807, 2.05) is 25.1 Å². The number of nitrogens with one attached hydrogen (secondary N) is 1. The molecule has 102 valence electrons. The lowest BCUT2D eigenvalue weighted by Crippen LogP contribution is -2.05. The topological polar surface area (TPSA) is 63.8 Å². The van der Waals surface area contributed by atoms with E-state index in [1.54, 1.807) is 6.20 Å². The van der Waals surface area contributed by atoms with Crippen molar-refractivity contribution in [2.45, 2.75) is 13.3 Å². The van der Waals surface area contributed by atoms with Crippen molar-refractivity contribution in [2.75, 3.05) is 11.9 Å². The first kappa shape index (κ1) is 13.1. The lowest BCUT2D eigenvalue weighted by molar-refractivity contribution is 0.377. The minimum atomic E-state index is 0.648. The normalized spacial score (nSPS) is 10.9. The Balaban J connectivity index is 1.75. The number of halogens is 1. The Morgan fingerprint density at radius 3 is 3.00 bits per heavy atom. The van der Waals surface area contributed by atoms with Gasteiger partial charge in [0, 0.05) is 34.7 Å². The molecule has 0 aliphatic carbocycles. The Hall–Kier alpha value is -1.95. The molecule has 0 radical (unpaired) electrons. The Morgan fingerprint density at radius 2 is 2.20 bits per heavy atom.